The summed E-state index contributed by atoms with van der Waals surface area (Å²) >= 11 is 0. The van der Waals surface area contributed by atoms with Gasteiger partial charge in [0.25, 0.3) is 0 Å². The van der Waals surface area contributed by atoms with E-state index in [0.717, 1.165) is 23.2 Å². The second-order valence-corrected chi connectivity index (χ2v) is 5.09. The lowest BCUT2D eigenvalue weighted by molar-refractivity contribution is 0.112. The van der Waals surface area contributed by atoms with Crippen molar-refractivity contribution in [3.05, 3.63) is 83.2 Å². The number of rotatable bonds is 4. The van der Waals surface area contributed by atoms with Gasteiger partial charge in [-0.15, -0.1) is 0 Å². The van der Waals surface area contributed by atoms with Gasteiger partial charge in [-0.05, 0) is 24.6 Å². The zero-order valence-corrected chi connectivity index (χ0v) is 11.9. The van der Waals surface area contributed by atoms with E-state index in [9.17, 15) is 4.79 Å². The number of carbonyl (C=O) groups excluding carboxylic acids is 1. The Morgan fingerprint density at radius 1 is 1.05 bits per heavy atom. The minimum absolute atomic E-state index is 0.638. The maximum atomic E-state index is 11.3. The summed E-state index contributed by atoms with van der Waals surface area (Å²) < 4.78 is 1.77. The number of nitrogens with zero attached hydrogens (tertiary/aromatic N) is 2. The molecule has 2 aromatic carbocycles. The fraction of sp³-hybridized carbons (Fsp3) is 0.111. The summed E-state index contributed by atoms with van der Waals surface area (Å²) in [6.07, 6.45) is 3.32. The molecule has 0 bridgehead atoms. The highest BCUT2D eigenvalue weighted by molar-refractivity contribution is 5.76. The fourth-order valence-electron chi connectivity index (χ4n) is 2.28. The molecular weight excluding hydrogens is 260 g/mol. The van der Waals surface area contributed by atoms with E-state index in [1.54, 1.807) is 10.9 Å². The quantitative estimate of drug-likeness (QED) is 0.683. The molecule has 0 unspecified atom stereocenters. The summed E-state index contributed by atoms with van der Waals surface area (Å²) in [4.78, 5) is 11.3. The number of aromatic nitrogens is 2. The molecule has 0 saturated carbocycles. The van der Waals surface area contributed by atoms with Crippen LogP contribution in [0.25, 0.3) is 5.69 Å². The van der Waals surface area contributed by atoms with Gasteiger partial charge in [0.15, 0.2) is 6.29 Å². The number of aryl methyl sites for hydroxylation is 1. The summed E-state index contributed by atoms with van der Waals surface area (Å²) in [6.45, 7) is 2.05. The van der Waals surface area contributed by atoms with E-state index in [-0.39, 0.29) is 0 Å². The highest BCUT2D eigenvalue weighted by Crippen LogP contribution is 2.15. The molecule has 3 heteroatoms. The molecular formula is C18H16N2O. The molecule has 0 amide bonds. The number of carbonyl (C=O) groups is 1. The molecule has 0 saturated heterocycles. The summed E-state index contributed by atoms with van der Waals surface area (Å²) in [7, 11) is 0. The van der Waals surface area contributed by atoms with E-state index < -0.39 is 0 Å². The van der Waals surface area contributed by atoms with Gasteiger partial charge < -0.3 is 0 Å². The van der Waals surface area contributed by atoms with Gasteiger partial charge in [-0.25, -0.2) is 4.68 Å². The average Bonchev–Trinajstić information content (AvgIpc) is 2.92. The molecule has 1 heterocycles. The highest BCUT2D eigenvalue weighted by atomic mass is 16.1. The van der Waals surface area contributed by atoms with Gasteiger partial charge in [0.05, 0.1) is 16.9 Å². The van der Waals surface area contributed by atoms with Crippen LogP contribution in [0.15, 0.2) is 60.8 Å². The standard InChI is InChI=1S/C18H16N2O/c1-14-7-9-17(10-8-14)20-12-16(13-21)18(19-20)11-15-5-3-2-4-6-15/h2-10,12-13H,11H2,1H3. The van der Waals surface area contributed by atoms with Crippen molar-refractivity contribution >= 4 is 6.29 Å². The topological polar surface area (TPSA) is 34.9 Å². The first-order valence-electron chi connectivity index (χ1n) is 6.91. The molecule has 0 N–H and O–H groups in total. The molecule has 3 aromatic rings. The Bertz CT molecular complexity index is 743. The van der Waals surface area contributed by atoms with Crippen molar-refractivity contribution in [2.45, 2.75) is 13.3 Å². The second kappa shape index (κ2) is 5.75. The third kappa shape index (κ3) is 2.92. The van der Waals surface area contributed by atoms with Crippen molar-refractivity contribution in [3.8, 4) is 5.69 Å². The molecule has 1 aromatic heterocycles. The maximum Gasteiger partial charge on any atom is 0.153 e. The first kappa shape index (κ1) is 13.3. The Morgan fingerprint density at radius 3 is 2.43 bits per heavy atom. The molecule has 0 atom stereocenters. The van der Waals surface area contributed by atoms with Gasteiger partial charge in [-0.2, -0.15) is 5.10 Å². The predicted octanol–water partition coefficient (Wildman–Crippen LogP) is 3.58. The second-order valence-electron chi connectivity index (χ2n) is 5.09. The predicted molar refractivity (Wildman–Crippen MR) is 82.9 cm³/mol. The molecule has 21 heavy (non-hydrogen) atoms. The van der Waals surface area contributed by atoms with Crippen molar-refractivity contribution in [2.24, 2.45) is 0 Å². The fourth-order valence-corrected chi connectivity index (χ4v) is 2.28. The van der Waals surface area contributed by atoms with Gasteiger partial charge in [0.1, 0.15) is 0 Å². The SMILES string of the molecule is Cc1ccc(-n2cc(C=O)c(Cc3ccccc3)n2)cc1. The average molecular weight is 276 g/mol. The summed E-state index contributed by atoms with van der Waals surface area (Å²) in [6, 6.07) is 18.1. The normalized spacial score (nSPS) is 10.5. The van der Waals surface area contributed by atoms with E-state index in [1.807, 2.05) is 61.5 Å². The van der Waals surface area contributed by atoms with Crippen molar-refractivity contribution in [1.29, 1.82) is 0 Å². The van der Waals surface area contributed by atoms with Gasteiger partial charge in [-0.3, -0.25) is 4.79 Å². The first-order chi connectivity index (χ1) is 10.3. The zero-order valence-electron chi connectivity index (χ0n) is 11.9. The molecule has 104 valence electrons. The van der Waals surface area contributed by atoms with Crippen LogP contribution in [0.3, 0.4) is 0 Å². The van der Waals surface area contributed by atoms with Crippen LogP contribution < -0.4 is 0 Å². The van der Waals surface area contributed by atoms with Crippen LogP contribution in [0.5, 0.6) is 0 Å². The van der Waals surface area contributed by atoms with Gasteiger partial charge >= 0.3 is 0 Å². The van der Waals surface area contributed by atoms with Crippen LogP contribution in [0, 0.1) is 6.92 Å². The van der Waals surface area contributed by atoms with Crippen LogP contribution in [0.4, 0.5) is 0 Å². The largest absolute Gasteiger partial charge is 0.298 e. The van der Waals surface area contributed by atoms with E-state index in [1.165, 1.54) is 5.56 Å². The smallest absolute Gasteiger partial charge is 0.153 e. The van der Waals surface area contributed by atoms with Crippen molar-refractivity contribution in [1.82, 2.24) is 9.78 Å². The van der Waals surface area contributed by atoms with Crippen LogP contribution in [0.1, 0.15) is 27.2 Å². The van der Waals surface area contributed by atoms with E-state index in [0.29, 0.717) is 12.0 Å². The minimum atomic E-state index is 0.638. The minimum Gasteiger partial charge on any atom is -0.298 e. The number of aldehydes is 1. The Kier molecular flexibility index (Phi) is 3.65. The third-order valence-electron chi connectivity index (χ3n) is 3.46. The molecule has 0 aliphatic carbocycles. The molecule has 0 fully saturated rings. The number of hydrogen-bond donors (Lipinski definition) is 0. The Hall–Kier alpha value is -2.68. The molecule has 0 aliphatic heterocycles. The number of hydrogen-bond acceptors (Lipinski definition) is 2. The summed E-state index contributed by atoms with van der Waals surface area (Å²) in [5.74, 6) is 0. The maximum absolute atomic E-state index is 11.3. The lowest BCUT2D eigenvalue weighted by Gasteiger charge is -2.01. The molecule has 0 spiro atoms. The lowest BCUT2D eigenvalue weighted by Crippen LogP contribution is -1.97. The van der Waals surface area contributed by atoms with Crippen molar-refractivity contribution in [3.63, 3.8) is 0 Å². The monoisotopic (exact) mass is 276 g/mol. The summed E-state index contributed by atoms with van der Waals surface area (Å²) in [5, 5.41) is 4.56. The van der Waals surface area contributed by atoms with E-state index in [4.69, 9.17) is 0 Å². The Balaban J connectivity index is 1.94. The molecule has 0 aliphatic rings. The van der Waals surface area contributed by atoms with Crippen molar-refractivity contribution < 1.29 is 4.79 Å². The van der Waals surface area contributed by atoms with E-state index >= 15 is 0 Å². The van der Waals surface area contributed by atoms with Crippen LogP contribution in [-0.2, 0) is 6.42 Å². The van der Waals surface area contributed by atoms with Crippen LogP contribution in [0.2, 0.25) is 0 Å². The van der Waals surface area contributed by atoms with Crippen LogP contribution in [-0.4, -0.2) is 16.1 Å². The van der Waals surface area contributed by atoms with E-state index in [2.05, 4.69) is 5.10 Å². The van der Waals surface area contributed by atoms with Crippen molar-refractivity contribution in [2.75, 3.05) is 0 Å². The Morgan fingerprint density at radius 2 is 1.76 bits per heavy atom. The molecule has 0 radical (unpaired) electrons. The molecule has 3 rings (SSSR count). The first-order valence-corrected chi connectivity index (χ1v) is 6.91. The zero-order chi connectivity index (χ0) is 14.7. The lowest BCUT2D eigenvalue weighted by atomic mass is 10.1. The van der Waals surface area contributed by atoms with Gasteiger partial charge in [0.2, 0.25) is 0 Å². The van der Waals surface area contributed by atoms with Gasteiger partial charge in [-0.1, -0.05) is 48.0 Å². The van der Waals surface area contributed by atoms with Crippen LogP contribution >= 0.6 is 0 Å². The summed E-state index contributed by atoms with van der Waals surface area (Å²) in [5.41, 5.74) is 4.75. The highest BCUT2D eigenvalue weighted by Gasteiger charge is 2.10. The van der Waals surface area contributed by atoms with Gasteiger partial charge in [0, 0.05) is 12.6 Å². The Labute approximate surface area is 123 Å². The third-order valence-corrected chi connectivity index (χ3v) is 3.46. The molecule has 3 nitrogen and oxygen atoms in total. The number of benzene rings is 2.